The summed E-state index contributed by atoms with van der Waals surface area (Å²) in [5, 5.41) is 6.29. The van der Waals surface area contributed by atoms with Crippen LogP contribution in [0.2, 0.25) is 0 Å². The lowest BCUT2D eigenvalue weighted by Crippen LogP contribution is -2.41. The molecule has 1 saturated carbocycles. The molecule has 102 valence electrons. The van der Waals surface area contributed by atoms with Gasteiger partial charge in [-0.05, 0) is 12.8 Å². The second-order valence-corrected chi connectivity index (χ2v) is 8.28. The Kier molecular flexibility index (Phi) is 4.40. The summed E-state index contributed by atoms with van der Waals surface area (Å²) in [4.78, 5) is 4.29. The molecule has 2 rings (SSSR count). The largest absolute Gasteiger partial charge is 0.312 e. The van der Waals surface area contributed by atoms with Gasteiger partial charge in [0.15, 0.2) is 9.84 Å². The van der Waals surface area contributed by atoms with Crippen LogP contribution in [0.3, 0.4) is 0 Å². The van der Waals surface area contributed by atoms with Gasteiger partial charge in [-0.25, -0.2) is 13.4 Å². The van der Waals surface area contributed by atoms with Crippen LogP contribution in [-0.2, 0) is 9.84 Å². The highest BCUT2D eigenvalue weighted by Crippen LogP contribution is 2.26. The van der Waals surface area contributed by atoms with E-state index in [2.05, 4.69) is 17.2 Å². The maximum absolute atomic E-state index is 11.7. The summed E-state index contributed by atoms with van der Waals surface area (Å²) < 4.78 is 23.3. The number of aromatic nitrogens is 1. The van der Waals surface area contributed by atoms with Crippen molar-refractivity contribution in [2.45, 2.75) is 43.4 Å². The Hall–Kier alpha value is -0.460. The maximum Gasteiger partial charge on any atom is 0.151 e. The second-order valence-electron chi connectivity index (χ2n) is 5.09. The molecule has 1 fully saturated rings. The third kappa shape index (κ3) is 3.30. The summed E-state index contributed by atoms with van der Waals surface area (Å²) in [6, 6.07) is 0.113. The molecule has 0 amide bonds. The first kappa shape index (κ1) is 14.0. The van der Waals surface area contributed by atoms with Crippen LogP contribution in [0.25, 0.3) is 0 Å². The second kappa shape index (κ2) is 5.67. The minimum atomic E-state index is -2.93. The SMILES string of the molecule is CC(CNC1CCCC1S(C)(=O)=O)c1nccs1. The molecule has 1 N–H and O–H groups in total. The molecule has 0 aliphatic heterocycles. The molecule has 18 heavy (non-hydrogen) atoms. The molecule has 0 aromatic carbocycles. The van der Waals surface area contributed by atoms with E-state index in [-0.39, 0.29) is 11.3 Å². The van der Waals surface area contributed by atoms with Crippen LogP contribution in [0.15, 0.2) is 11.6 Å². The summed E-state index contributed by atoms with van der Waals surface area (Å²) in [5.74, 6) is 0.339. The lowest BCUT2D eigenvalue weighted by molar-refractivity contribution is 0.489. The lowest BCUT2D eigenvalue weighted by atomic mass is 10.1. The number of nitrogens with zero attached hydrogens (tertiary/aromatic N) is 1. The van der Waals surface area contributed by atoms with Crippen molar-refractivity contribution in [3.05, 3.63) is 16.6 Å². The third-order valence-corrected chi connectivity index (χ3v) is 6.23. The molecule has 1 aromatic rings. The molecule has 6 heteroatoms. The van der Waals surface area contributed by atoms with Crippen molar-refractivity contribution < 1.29 is 8.42 Å². The van der Waals surface area contributed by atoms with E-state index < -0.39 is 9.84 Å². The van der Waals surface area contributed by atoms with Crippen LogP contribution in [0.1, 0.15) is 37.1 Å². The molecule has 4 nitrogen and oxygen atoms in total. The van der Waals surface area contributed by atoms with Gasteiger partial charge in [0, 0.05) is 36.3 Å². The molecule has 3 atom stereocenters. The zero-order valence-electron chi connectivity index (χ0n) is 10.8. The normalized spacial score (nSPS) is 26.3. The first-order valence-electron chi connectivity index (χ1n) is 6.30. The van der Waals surface area contributed by atoms with E-state index in [0.717, 1.165) is 30.8 Å². The number of rotatable bonds is 5. The predicted octanol–water partition coefficient (Wildman–Crippen LogP) is 1.80. The van der Waals surface area contributed by atoms with E-state index in [4.69, 9.17) is 0 Å². The van der Waals surface area contributed by atoms with Crippen molar-refractivity contribution in [3.63, 3.8) is 0 Å². The number of nitrogens with one attached hydrogen (secondary N) is 1. The first-order valence-corrected chi connectivity index (χ1v) is 9.13. The van der Waals surface area contributed by atoms with Crippen molar-refractivity contribution in [1.82, 2.24) is 10.3 Å². The topological polar surface area (TPSA) is 59.1 Å². The molecule has 0 spiro atoms. The molecule has 1 aliphatic rings. The fourth-order valence-corrected chi connectivity index (χ4v) is 4.69. The van der Waals surface area contributed by atoms with E-state index in [1.165, 1.54) is 6.26 Å². The molecular formula is C12H20N2O2S2. The highest BCUT2D eigenvalue weighted by atomic mass is 32.2. The van der Waals surface area contributed by atoms with Crippen molar-refractivity contribution in [1.29, 1.82) is 0 Å². The summed E-state index contributed by atoms with van der Waals surface area (Å²) in [6.45, 7) is 2.92. The molecule has 1 aromatic heterocycles. The Morgan fingerprint density at radius 1 is 1.56 bits per heavy atom. The van der Waals surface area contributed by atoms with Gasteiger partial charge in [0.05, 0.1) is 10.3 Å². The van der Waals surface area contributed by atoms with E-state index in [1.807, 2.05) is 11.6 Å². The highest BCUT2D eigenvalue weighted by molar-refractivity contribution is 7.91. The maximum atomic E-state index is 11.7. The van der Waals surface area contributed by atoms with E-state index in [9.17, 15) is 8.42 Å². The minimum absolute atomic E-state index is 0.113. The van der Waals surface area contributed by atoms with Crippen LogP contribution in [0.5, 0.6) is 0 Å². The van der Waals surface area contributed by atoms with Gasteiger partial charge >= 0.3 is 0 Å². The first-order chi connectivity index (χ1) is 8.48. The number of thiazole rings is 1. The van der Waals surface area contributed by atoms with Crippen molar-refractivity contribution in [3.8, 4) is 0 Å². The average Bonchev–Trinajstić information content (AvgIpc) is 2.95. The van der Waals surface area contributed by atoms with Crippen LogP contribution in [0.4, 0.5) is 0 Å². The van der Waals surface area contributed by atoms with Gasteiger partial charge in [-0.2, -0.15) is 0 Å². The molecule has 3 unspecified atom stereocenters. The monoisotopic (exact) mass is 288 g/mol. The summed E-state index contributed by atoms with van der Waals surface area (Å²) >= 11 is 1.65. The van der Waals surface area contributed by atoms with Crippen LogP contribution < -0.4 is 5.32 Å². The van der Waals surface area contributed by atoms with Gasteiger partial charge in [0.1, 0.15) is 0 Å². The van der Waals surface area contributed by atoms with E-state index in [1.54, 1.807) is 11.3 Å². The Labute approximate surface area is 113 Å². The summed E-state index contributed by atoms with van der Waals surface area (Å²) in [7, 11) is -2.93. The van der Waals surface area contributed by atoms with Crippen LogP contribution >= 0.6 is 11.3 Å². The van der Waals surface area contributed by atoms with Gasteiger partial charge in [-0.3, -0.25) is 0 Å². The van der Waals surface area contributed by atoms with Crippen molar-refractivity contribution in [2.75, 3.05) is 12.8 Å². The minimum Gasteiger partial charge on any atom is -0.312 e. The number of hydrogen-bond donors (Lipinski definition) is 1. The Balaban J connectivity index is 1.90. The van der Waals surface area contributed by atoms with Crippen molar-refractivity contribution in [2.24, 2.45) is 0 Å². The third-order valence-electron chi connectivity index (χ3n) is 3.56. The van der Waals surface area contributed by atoms with Gasteiger partial charge in [-0.1, -0.05) is 13.3 Å². The Morgan fingerprint density at radius 3 is 2.94 bits per heavy atom. The van der Waals surface area contributed by atoms with Gasteiger partial charge in [0.25, 0.3) is 0 Å². The van der Waals surface area contributed by atoms with Crippen LogP contribution in [0, 0.1) is 0 Å². The zero-order chi connectivity index (χ0) is 13.2. The van der Waals surface area contributed by atoms with E-state index in [0.29, 0.717) is 5.92 Å². The Morgan fingerprint density at radius 2 is 2.33 bits per heavy atom. The van der Waals surface area contributed by atoms with Crippen LogP contribution in [-0.4, -0.2) is 37.5 Å². The van der Waals surface area contributed by atoms with Crippen molar-refractivity contribution >= 4 is 21.2 Å². The fraction of sp³-hybridized carbons (Fsp3) is 0.750. The summed E-state index contributed by atoms with van der Waals surface area (Å²) in [6.07, 6.45) is 5.92. The number of hydrogen-bond acceptors (Lipinski definition) is 5. The average molecular weight is 288 g/mol. The smallest absolute Gasteiger partial charge is 0.151 e. The van der Waals surface area contributed by atoms with Gasteiger partial charge in [-0.15, -0.1) is 11.3 Å². The molecule has 0 saturated heterocycles. The molecule has 1 aliphatic carbocycles. The Bertz CT molecular complexity index is 470. The number of sulfone groups is 1. The lowest BCUT2D eigenvalue weighted by Gasteiger charge is -2.21. The molecule has 1 heterocycles. The quantitative estimate of drug-likeness (QED) is 0.897. The summed E-state index contributed by atoms with van der Waals surface area (Å²) in [5.41, 5.74) is 0. The molecule has 0 radical (unpaired) electrons. The fourth-order valence-electron chi connectivity index (χ4n) is 2.57. The standard InChI is InChI=1S/C12H20N2O2S2/c1-9(12-13-6-7-17-12)8-14-10-4-3-5-11(10)18(2,15)16/h6-7,9-11,14H,3-5,8H2,1-2H3. The highest BCUT2D eigenvalue weighted by Gasteiger charge is 2.34. The van der Waals surface area contributed by atoms with Gasteiger partial charge in [0.2, 0.25) is 0 Å². The predicted molar refractivity (Wildman–Crippen MR) is 74.8 cm³/mol. The van der Waals surface area contributed by atoms with E-state index >= 15 is 0 Å². The van der Waals surface area contributed by atoms with Gasteiger partial charge < -0.3 is 5.32 Å². The zero-order valence-corrected chi connectivity index (χ0v) is 12.4. The molecule has 0 bridgehead atoms. The molecular weight excluding hydrogens is 268 g/mol.